The lowest BCUT2D eigenvalue weighted by Crippen LogP contribution is -2.48. The molecule has 140 valence electrons. The molecule has 1 saturated heterocycles. The van der Waals surface area contributed by atoms with E-state index in [2.05, 4.69) is 18.8 Å². The third-order valence-corrected chi connectivity index (χ3v) is 5.89. The summed E-state index contributed by atoms with van der Waals surface area (Å²) in [4.78, 5) is 31.2. The first-order valence-electron chi connectivity index (χ1n) is 8.97. The standard InChI is InChI=1S/C19H25N3O3S/c1-13-7-6-8-14(2)22(13)17(23)11-21-16-10-5-4-9-15(16)20-19(21)26-12-18(24)25-3/h4-5,9-10,13-14H,6-8,11-12H2,1-3H3/t13-,14-/m1/s1. The number of carbonyl (C=O) groups is 2. The summed E-state index contributed by atoms with van der Waals surface area (Å²) < 4.78 is 6.63. The number of thioether (sulfide) groups is 1. The van der Waals surface area contributed by atoms with Gasteiger partial charge in [0, 0.05) is 12.1 Å². The molecule has 6 nitrogen and oxygen atoms in total. The van der Waals surface area contributed by atoms with Crippen molar-refractivity contribution in [2.24, 2.45) is 0 Å². The van der Waals surface area contributed by atoms with Crippen LogP contribution >= 0.6 is 11.8 Å². The summed E-state index contributed by atoms with van der Waals surface area (Å²) in [7, 11) is 1.37. The van der Waals surface area contributed by atoms with Crippen LogP contribution in [0.25, 0.3) is 11.0 Å². The van der Waals surface area contributed by atoms with Gasteiger partial charge in [0.25, 0.3) is 0 Å². The molecule has 0 bridgehead atoms. The Balaban J connectivity index is 1.87. The van der Waals surface area contributed by atoms with Crippen molar-refractivity contribution in [3.63, 3.8) is 0 Å². The van der Waals surface area contributed by atoms with Crippen molar-refractivity contribution >= 4 is 34.7 Å². The predicted octanol–water partition coefficient (Wildman–Crippen LogP) is 3.09. The van der Waals surface area contributed by atoms with Crippen LogP contribution in [-0.2, 0) is 20.9 Å². The van der Waals surface area contributed by atoms with Crippen LogP contribution in [-0.4, -0.2) is 51.3 Å². The molecule has 1 aliphatic rings. The molecule has 7 heteroatoms. The summed E-state index contributed by atoms with van der Waals surface area (Å²) in [5.41, 5.74) is 1.73. The topological polar surface area (TPSA) is 64.4 Å². The van der Waals surface area contributed by atoms with Crippen LogP contribution < -0.4 is 0 Å². The summed E-state index contributed by atoms with van der Waals surface area (Å²) in [6.45, 7) is 4.47. The number of fused-ring (bicyclic) bond motifs is 1. The number of ether oxygens (including phenoxy) is 1. The Hall–Kier alpha value is -2.02. The second-order valence-electron chi connectivity index (χ2n) is 6.76. The molecule has 0 aliphatic carbocycles. The van der Waals surface area contributed by atoms with Crippen molar-refractivity contribution in [2.75, 3.05) is 12.9 Å². The number of para-hydroxylation sites is 2. The van der Waals surface area contributed by atoms with Gasteiger partial charge in [0.1, 0.15) is 6.54 Å². The SMILES string of the molecule is COC(=O)CSc1nc2ccccc2n1CC(=O)N1[C@H](C)CCC[C@H]1C. The molecular formula is C19H25N3O3S. The van der Waals surface area contributed by atoms with Crippen LogP contribution in [0.3, 0.4) is 0 Å². The zero-order valence-electron chi connectivity index (χ0n) is 15.5. The lowest BCUT2D eigenvalue weighted by molar-refractivity contribution is -0.138. The zero-order chi connectivity index (χ0) is 18.7. The van der Waals surface area contributed by atoms with Crippen molar-refractivity contribution in [2.45, 2.75) is 56.9 Å². The maximum Gasteiger partial charge on any atom is 0.316 e. The monoisotopic (exact) mass is 375 g/mol. The molecule has 1 fully saturated rings. The van der Waals surface area contributed by atoms with E-state index < -0.39 is 0 Å². The third kappa shape index (κ3) is 3.87. The van der Waals surface area contributed by atoms with Gasteiger partial charge in [-0.15, -0.1) is 0 Å². The number of piperidine rings is 1. The molecule has 0 radical (unpaired) electrons. The van der Waals surface area contributed by atoms with E-state index in [-0.39, 0.29) is 36.3 Å². The second kappa shape index (κ2) is 8.12. The molecule has 0 spiro atoms. The largest absolute Gasteiger partial charge is 0.468 e. The number of aromatic nitrogens is 2. The van der Waals surface area contributed by atoms with Gasteiger partial charge in [-0.2, -0.15) is 0 Å². The third-order valence-electron chi connectivity index (χ3n) is 4.94. The maximum absolute atomic E-state index is 13.1. The molecule has 1 aromatic carbocycles. The van der Waals surface area contributed by atoms with Crippen LogP contribution in [0.1, 0.15) is 33.1 Å². The Bertz CT molecular complexity index is 794. The van der Waals surface area contributed by atoms with E-state index in [4.69, 9.17) is 4.74 Å². The van der Waals surface area contributed by atoms with Gasteiger partial charge in [-0.25, -0.2) is 4.98 Å². The Morgan fingerprint density at radius 3 is 2.62 bits per heavy atom. The lowest BCUT2D eigenvalue weighted by Gasteiger charge is -2.39. The molecule has 2 atom stereocenters. The first kappa shape index (κ1) is 18.8. The fraction of sp³-hybridized carbons (Fsp3) is 0.526. The van der Waals surface area contributed by atoms with Gasteiger partial charge >= 0.3 is 5.97 Å². The van der Waals surface area contributed by atoms with Crippen LogP contribution in [0.15, 0.2) is 29.4 Å². The molecule has 0 saturated carbocycles. The first-order valence-corrected chi connectivity index (χ1v) is 9.96. The van der Waals surface area contributed by atoms with E-state index in [0.717, 1.165) is 23.9 Å². The van der Waals surface area contributed by atoms with Crippen LogP contribution in [0.2, 0.25) is 0 Å². The normalized spacial score (nSPS) is 20.3. The molecule has 1 aliphatic heterocycles. The van der Waals surface area contributed by atoms with E-state index in [1.807, 2.05) is 33.7 Å². The highest BCUT2D eigenvalue weighted by Gasteiger charge is 2.29. The zero-order valence-corrected chi connectivity index (χ0v) is 16.3. The van der Waals surface area contributed by atoms with E-state index in [1.54, 1.807) is 0 Å². The van der Waals surface area contributed by atoms with E-state index >= 15 is 0 Å². The minimum atomic E-state index is -0.307. The maximum atomic E-state index is 13.1. The van der Waals surface area contributed by atoms with Crippen molar-refractivity contribution < 1.29 is 14.3 Å². The molecule has 1 aromatic heterocycles. The number of hydrogen-bond acceptors (Lipinski definition) is 5. The number of rotatable bonds is 5. The fourth-order valence-electron chi connectivity index (χ4n) is 3.63. The number of esters is 1. The summed E-state index contributed by atoms with van der Waals surface area (Å²) in [5.74, 6) is -0.0316. The minimum Gasteiger partial charge on any atom is -0.468 e. The first-order chi connectivity index (χ1) is 12.5. The van der Waals surface area contributed by atoms with Crippen molar-refractivity contribution in [1.82, 2.24) is 14.5 Å². The van der Waals surface area contributed by atoms with Crippen molar-refractivity contribution in [3.05, 3.63) is 24.3 Å². The van der Waals surface area contributed by atoms with Gasteiger partial charge in [-0.3, -0.25) is 9.59 Å². The Morgan fingerprint density at radius 1 is 1.23 bits per heavy atom. The number of imidazole rings is 1. The van der Waals surface area contributed by atoms with E-state index in [1.165, 1.54) is 25.3 Å². The van der Waals surface area contributed by atoms with Crippen molar-refractivity contribution in [1.29, 1.82) is 0 Å². The van der Waals surface area contributed by atoms with Crippen LogP contribution in [0, 0.1) is 0 Å². The molecule has 2 aromatic rings. The number of hydrogen-bond donors (Lipinski definition) is 0. The Labute approximate surface area is 157 Å². The van der Waals surface area contributed by atoms with Gasteiger partial charge in [0.15, 0.2) is 5.16 Å². The second-order valence-corrected chi connectivity index (χ2v) is 7.71. The number of methoxy groups -OCH3 is 1. The van der Waals surface area contributed by atoms with E-state index in [9.17, 15) is 9.59 Å². The van der Waals surface area contributed by atoms with Crippen molar-refractivity contribution in [3.8, 4) is 0 Å². The predicted molar refractivity (Wildman–Crippen MR) is 102 cm³/mol. The highest BCUT2D eigenvalue weighted by molar-refractivity contribution is 7.99. The summed E-state index contributed by atoms with van der Waals surface area (Å²) in [6, 6.07) is 8.25. The number of amides is 1. The van der Waals surface area contributed by atoms with Gasteiger partial charge in [0.2, 0.25) is 5.91 Å². The highest BCUT2D eigenvalue weighted by atomic mass is 32.2. The average Bonchev–Trinajstić information content (AvgIpc) is 2.97. The highest BCUT2D eigenvalue weighted by Crippen LogP contribution is 2.27. The Kier molecular flexibility index (Phi) is 5.86. The summed E-state index contributed by atoms with van der Waals surface area (Å²) in [6.07, 6.45) is 3.26. The van der Waals surface area contributed by atoms with Crippen LogP contribution in [0.4, 0.5) is 0 Å². The smallest absolute Gasteiger partial charge is 0.316 e. The molecule has 1 amide bonds. The molecule has 0 N–H and O–H groups in total. The lowest BCUT2D eigenvalue weighted by atomic mass is 9.97. The van der Waals surface area contributed by atoms with Crippen LogP contribution in [0.5, 0.6) is 0 Å². The van der Waals surface area contributed by atoms with Gasteiger partial charge in [-0.05, 0) is 45.2 Å². The number of likely N-dealkylation sites (tertiary alicyclic amines) is 1. The van der Waals surface area contributed by atoms with Gasteiger partial charge in [-0.1, -0.05) is 23.9 Å². The summed E-state index contributed by atoms with van der Waals surface area (Å²) >= 11 is 1.30. The molecule has 3 rings (SSSR count). The number of nitrogens with zero attached hydrogens (tertiary/aromatic N) is 3. The quantitative estimate of drug-likeness (QED) is 0.594. The molecule has 26 heavy (non-hydrogen) atoms. The molecule has 2 heterocycles. The van der Waals surface area contributed by atoms with Gasteiger partial charge < -0.3 is 14.2 Å². The van der Waals surface area contributed by atoms with E-state index in [0.29, 0.717) is 5.16 Å². The fourth-order valence-corrected chi connectivity index (χ4v) is 4.48. The molecule has 0 unspecified atom stereocenters. The number of benzene rings is 1. The Morgan fingerprint density at radius 2 is 1.92 bits per heavy atom. The average molecular weight is 375 g/mol. The number of carbonyl (C=O) groups excluding carboxylic acids is 2. The summed E-state index contributed by atoms with van der Waals surface area (Å²) in [5, 5.41) is 0.669. The van der Waals surface area contributed by atoms with Gasteiger partial charge in [0.05, 0.1) is 23.9 Å². The minimum absolute atomic E-state index is 0.104. The molecular weight excluding hydrogens is 350 g/mol.